The molecule has 0 aliphatic heterocycles. The summed E-state index contributed by atoms with van der Waals surface area (Å²) in [6.45, 7) is 0. The average molecular weight is 425 g/mol. The van der Waals surface area contributed by atoms with Gasteiger partial charge in [0.25, 0.3) is 0 Å². The lowest BCUT2D eigenvalue weighted by Gasteiger charge is -2.09. The van der Waals surface area contributed by atoms with Crippen LogP contribution in [-0.2, 0) is 0 Å². The SMILES string of the molecule is O=C(Oc1cc(-c2ccccc2)nn1-c1cccc(Cl)c1)c1ccc2ccccc2c1. The van der Waals surface area contributed by atoms with Gasteiger partial charge < -0.3 is 4.74 Å². The fourth-order valence-electron chi connectivity index (χ4n) is 3.45. The molecule has 0 saturated heterocycles. The van der Waals surface area contributed by atoms with Crippen LogP contribution in [0.2, 0.25) is 5.02 Å². The first kappa shape index (κ1) is 19.1. The van der Waals surface area contributed by atoms with E-state index < -0.39 is 5.97 Å². The first-order valence-corrected chi connectivity index (χ1v) is 10.2. The van der Waals surface area contributed by atoms with Gasteiger partial charge in [-0.15, -0.1) is 0 Å². The molecule has 0 N–H and O–H groups in total. The van der Waals surface area contributed by atoms with Crippen molar-refractivity contribution in [3.8, 4) is 22.8 Å². The molecule has 0 bridgehead atoms. The van der Waals surface area contributed by atoms with Crippen LogP contribution in [0.5, 0.6) is 5.88 Å². The van der Waals surface area contributed by atoms with Gasteiger partial charge in [0.2, 0.25) is 5.88 Å². The Balaban J connectivity index is 1.55. The standard InChI is InChI=1S/C26H17ClN2O2/c27-22-11-6-12-23(16-22)29-25(17-24(28-29)19-8-2-1-3-9-19)31-26(30)21-14-13-18-7-4-5-10-20(18)15-21/h1-17H. The van der Waals surface area contributed by atoms with Crippen molar-refractivity contribution in [2.24, 2.45) is 0 Å². The fourth-order valence-corrected chi connectivity index (χ4v) is 3.63. The highest BCUT2D eigenvalue weighted by atomic mass is 35.5. The maximum Gasteiger partial charge on any atom is 0.344 e. The Bertz CT molecular complexity index is 1390. The molecule has 0 saturated carbocycles. The van der Waals surface area contributed by atoms with E-state index in [9.17, 15) is 4.79 Å². The number of aromatic nitrogens is 2. The molecule has 0 fully saturated rings. The van der Waals surface area contributed by atoms with E-state index in [0.29, 0.717) is 27.8 Å². The molecule has 4 aromatic carbocycles. The second-order valence-electron chi connectivity index (χ2n) is 7.08. The van der Waals surface area contributed by atoms with Crippen LogP contribution in [0.1, 0.15) is 10.4 Å². The van der Waals surface area contributed by atoms with Crippen molar-refractivity contribution < 1.29 is 9.53 Å². The van der Waals surface area contributed by atoms with Gasteiger partial charge in [0.15, 0.2) is 0 Å². The van der Waals surface area contributed by atoms with Gasteiger partial charge in [-0.05, 0) is 41.1 Å². The monoisotopic (exact) mass is 424 g/mol. The quantitative estimate of drug-likeness (QED) is 0.307. The largest absolute Gasteiger partial charge is 0.404 e. The molecule has 0 atom stereocenters. The first-order valence-electron chi connectivity index (χ1n) is 9.80. The number of carbonyl (C=O) groups is 1. The molecular weight excluding hydrogens is 408 g/mol. The first-order chi connectivity index (χ1) is 15.2. The molecule has 5 aromatic rings. The van der Waals surface area contributed by atoms with Crippen LogP contribution in [0.25, 0.3) is 27.7 Å². The number of halogens is 1. The van der Waals surface area contributed by atoms with Crippen molar-refractivity contribution in [2.75, 3.05) is 0 Å². The highest BCUT2D eigenvalue weighted by Gasteiger charge is 2.17. The number of fused-ring (bicyclic) bond motifs is 1. The predicted octanol–water partition coefficient (Wildman–Crippen LogP) is 6.57. The molecule has 0 aliphatic rings. The van der Waals surface area contributed by atoms with Gasteiger partial charge in [0.05, 0.1) is 16.9 Å². The number of rotatable bonds is 4. The minimum Gasteiger partial charge on any atom is -0.404 e. The van der Waals surface area contributed by atoms with Crippen LogP contribution in [0, 0.1) is 0 Å². The van der Waals surface area contributed by atoms with Crippen molar-refractivity contribution in [1.29, 1.82) is 0 Å². The smallest absolute Gasteiger partial charge is 0.344 e. The summed E-state index contributed by atoms with van der Waals surface area (Å²) in [5.74, 6) is -0.132. The second-order valence-corrected chi connectivity index (χ2v) is 7.51. The summed E-state index contributed by atoms with van der Waals surface area (Å²) in [7, 11) is 0. The Hall–Kier alpha value is -3.89. The van der Waals surface area contributed by atoms with E-state index in [1.807, 2.05) is 78.9 Å². The van der Waals surface area contributed by atoms with Crippen molar-refractivity contribution >= 4 is 28.3 Å². The van der Waals surface area contributed by atoms with Gasteiger partial charge in [-0.3, -0.25) is 0 Å². The van der Waals surface area contributed by atoms with Crippen LogP contribution in [-0.4, -0.2) is 15.7 Å². The maximum absolute atomic E-state index is 13.0. The van der Waals surface area contributed by atoms with Crippen LogP contribution in [0.15, 0.2) is 103 Å². The normalized spacial score (nSPS) is 10.9. The number of esters is 1. The molecule has 0 spiro atoms. The highest BCUT2D eigenvalue weighted by molar-refractivity contribution is 6.30. The molecule has 0 radical (unpaired) electrons. The minimum atomic E-state index is -0.450. The maximum atomic E-state index is 13.0. The Morgan fingerprint density at radius 3 is 2.35 bits per heavy atom. The molecule has 1 aromatic heterocycles. The molecule has 1 heterocycles. The van der Waals surface area contributed by atoms with Crippen LogP contribution in [0.4, 0.5) is 0 Å². The molecule has 31 heavy (non-hydrogen) atoms. The van der Waals surface area contributed by atoms with Gasteiger partial charge in [0.1, 0.15) is 0 Å². The highest BCUT2D eigenvalue weighted by Crippen LogP contribution is 2.28. The summed E-state index contributed by atoms with van der Waals surface area (Å²) in [6, 6.07) is 32.1. The van der Waals surface area contributed by atoms with Crippen molar-refractivity contribution in [3.63, 3.8) is 0 Å². The Morgan fingerprint density at radius 1 is 0.774 bits per heavy atom. The topological polar surface area (TPSA) is 44.1 Å². The zero-order valence-electron chi connectivity index (χ0n) is 16.4. The van der Waals surface area contributed by atoms with Gasteiger partial charge in [-0.2, -0.15) is 9.78 Å². The number of hydrogen-bond donors (Lipinski definition) is 0. The Kier molecular flexibility index (Phi) is 4.98. The zero-order chi connectivity index (χ0) is 21.2. The molecule has 150 valence electrons. The van der Waals surface area contributed by atoms with Crippen LogP contribution in [0.3, 0.4) is 0 Å². The zero-order valence-corrected chi connectivity index (χ0v) is 17.2. The molecule has 0 unspecified atom stereocenters. The Labute approximate surface area is 184 Å². The summed E-state index contributed by atoms with van der Waals surface area (Å²) in [5.41, 5.74) is 2.79. The van der Waals surface area contributed by atoms with E-state index in [2.05, 4.69) is 5.10 Å². The molecule has 0 aliphatic carbocycles. The van der Waals surface area contributed by atoms with Gasteiger partial charge in [0, 0.05) is 16.7 Å². The number of carbonyl (C=O) groups excluding carboxylic acids is 1. The van der Waals surface area contributed by atoms with E-state index in [1.165, 1.54) is 0 Å². The lowest BCUT2D eigenvalue weighted by Crippen LogP contribution is -2.11. The van der Waals surface area contributed by atoms with E-state index in [-0.39, 0.29) is 0 Å². The third kappa shape index (κ3) is 3.93. The van der Waals surface area contributed by atoms with Gasteiger partial charge in [-0.25, -0.2) is 4.79 Å². The van der Waals surface area contributed by atoms with Crippen LogP contribution >= 0.6 is 11.6 Å². The molecule has 5 rings (SSSR count). The fraction of sp³-hybridized carbons (Fsp3) is 0. The van der Waals surface area contributed by atoms with Crippen molar-refractivity contribution in [2.45, 2.75) is 0 Å². The lowest BCUT2D eigenvalue weighted by atomic mass is 10.1. The Morgan fingerprint density at radius 2 is 1.55 bits per heavy atom. The third-order valence-corrected chi connectivity index (χ3v) is 5.22. The van der Waals surface area contributed by atoms with Crippen molar-refractivity contribution in [1.82, 2.24) is 9.78 Å². The number of ether oxygens (including phenoxy) is 1. The average Bonchev–Trinajstić information content (AvgIpc) is 3.23. The molecular formula is C26H17ClN2O2. The summed E-state index contributed by atoms with van der Waals surface area (Å²) in [6.07, 6.45) is 0. The van der Waals surface area contributed by atoms with Gasteiger partial charge >= 0.3 is 5.97 Å². The number of hydrogen-bond acceptors (Lipinski definition) is 3. The molecule has 0 amide bonds. The number of nitrogens with zero attached hydrogens (tertiary/aromatic N) is 2. The third-order valence-electron chi connectivity index (χ3n) is 4.98. The van der Waals surface area contributed by atoms with Gasteiger partial charge in [-0.1, -0.05) is 78.3 Å². The lowest BCUT2D eigenvalue weighted by molar-refractivity contribution is 0.0723. The number of benzene rings is 4. The summed E-state index contributed by atoms with van der Waals surface area (Å²) in [4.78, 5) is 13.0. The van der Waals surface area contributed by atoms with E-state index in [4.69, 9.17) is 16.3 Å². The van der Waals surface area contributed by atoms with E-state index in [1.54, 1.807) is 28.9 Å². The van der Waals surface area contributed by atoms with E-state index in [0.717, 1.165) is 16.3 Å². The summed E-state index contributed by atoms with van der Waals surface area (Å²) < 4.78 is 7.39. The summed E-state index contributed by atoms with van der Waals surface area (Å²) >= 11 is 6.18. The minimum absolute atomic E-state index is 0.319. The van der Waals surface area contributed by atoms with E-state index >= 15 is 0 Å². The predicted molar refractivity (Wildman–Crippen MR) is 123 cm³/mol. The molecule has 5 heteroatoms. The molecule has 4 nitrogen and oxygen atoms in total. The summed E-state index contributed by atoms with van der Waals surface area (Å²) in [5, 5.41) is 7.28. The second kappa shape index (κ2) is 8.09. The van der Waals surface area contributed by atoms with Crippen LogP contribution < -0.4 is 4.74 Å². The van der Waals surface area contributed by atoms with Crippen molar-refractivity contribution in [3.05, 3.63) is 114 Å².